The van der Waals surface area contributed by atoms with E-state index in [4.69, 9.17) is 33.4 Å². The third-order valence-electron chi connectivity index (χ3n) is 16.3. The zero-order chi connectivity index (χ0) is 85.7. The summed E-state index contributed by atoms with van der Waals surface area (Å²) in [7, 11) is -3.43. The zero-order valence-electron chi connectivity index (χ0n) is 68.2. The van der Waals surface area contributed by atoms with Gasteiger partial charge in [-0.3, -0.25) is 27.5 Å². The number of rotatable bonds is 49. The van der Waals surface area contributed by atoms with Crippen molar-refractivity contribution in [2.24, 2.45) is 5.73 Å². The number of carbonyl (C=O) groups excluding carboxylic acids is 6. The number of aliphatic hydroxyl groups excluding tert-OH is 2. The highest BCUT2D eigenvalue weighted by molar-refractivity contribution is 9.09. The molecule has 4 rings (SSSR count). The van der Waals surface area contributed by atoms with E-state index >= 15 is 0 Å². The first-order valence-electron chi connectivity index (χ1n) is 37.1. The van der Waals surface area contributed by atoms with Crippen molar-refractivity contribution >= 4 is 171 Å². The predicted octanol–water partition coefficient (Wildman–Crippen LogP) is 8.19. The summed E-state index contributed by atoms with van der Waals surface area (Å²) in [6.07, 6.45) is 6.29. The number of anilines is 4. The molecule has 3 radical (unpaired) electrons. The molecule has 0 unspecified atom stereocenters. The molecule has 0 fully saturated rings. The van der Waals surface area contributed by atoms with Gasteiger partial charge in [0.05, 0.1) is 83.2 Å². The fraction of sp³-hybridized carbons (Fsp3) is 0.597. The molecule has 0 bridgehead atoms. The number of carboxylic acid groups (broad SMARTS) is 1. The van der Waals surface area contributed by atoms with Crippen LogP contribution in [0.15, 0.2) is 72.8 Å². The number of alkyl halides is 4. The van der Waals surface area contributed by atoms with Gasteiger partial charge in [-0.25, -0.2) is 0 Å². The number of aryl methyl sites for hydroxylation is 4. The van der Waals surface area contributed by atoms with Gasteiger partial charge in [0.1, 0.15) is 16.8 Å². The molecule has 0 spiro atoms. The lowest BCUT2D eigenvalue weighted by Gasteiger charge is -2.26. The van der Waals surface area contributed by atoms with Crippen LogP contribution in [-0.2, 0) is 102 Å². The lowest BCUT2D eigenvalue weighted by atomic mass is 9.91. The van der Waals surface area contributed by atoms with Gasteiger partial charge in [0, 0.05) is 121 Å². The lowest BCUT2D eigenvalue weighted by Crippen LogP contribution is -2.38. The van der Waals surface area contributed by atoms with Crippen LogP contribution < -0.4 is 41.0 Å². The molecule has 0 heterocycles. The largest absolute Gasteiger partial charge is 0.481 e. The molecule has 0 aromatic heterocycles. The Kier molecular flexibility index (Phi) is 51.8. The molecule has 0 amide bonds. The second-order valence-electron chi connectivity index (χ2n) is 29.7. The summed E-state index contributed by atoms with van der Waals surface area (Å²) in [4.78, 5) is 88.2. The monoisotopic (exact) mass is 1870 g/mol. The Morgan fingerprint density at radius 2 is 0.690 bits per heavy atom. The molecule has 0 saturated carbocycles. The minimum atomic E-state index is -3.65. The van der Waals surface area contributed by atoms with E-state index in [2.05, 4.69) is 133 Å². The summed E-state index contributed by atoms with van der Waals surface area (Å²) in [6.45, 7) is 28.8. The van der Waals surface area contributed by atoms with Gasteiger partial charge < -0.3 is 84.9 Å². The van der Waals surface area contributed by atoms with Crippen LogP contribution in [0.3, 0.4) is 0 Å². The van der Waals surface area contributed by atoms with Crippen LogP contribution in [0.5, 0.6) is 0 Å². The van der Waals surface area contributed by atoms with Gasteiger partial charge in [-0.05, 0) is 209 Å². The first-order valence-corrected chi connectivity index (χ1v) is 45.2. The van der Waals surface area contributed by atoms with Crippen LogP contribution in [0.1, 0.15) is 133 Å². The van der Waals surface area contributed by atoms with Crippen LogP contribution in [0.4, 0.5) is 22.7 Å². The highest BCUT2D eigenvalue weighted by Gasteiger charge is 2.26. The van der Waals surface area contributed by atoms with Crippen LogP contribution in [0.2, 0.25) is 0 Å². The van der Waals surface area contributed by atoms with Crippen molar-refractivity contribution in [3.63, 3.8) is 0 Å². The number of esters is 3. The van der Waals surface area contributed by atoms with Crippen LogP contribution >= 0.6 is 63.7 Å². The minimum Gasteiger partial charge on any atom is -0.481 e. The standard InChI is InChI=1S/C22H36BN2O9S2.C20H30BBr2N2O3.C20H32BN2O5.C15H22Br2N2O2/c1-17-7-8-20(25(9-11-32-35(5,28)29)10-12-33-36(6,30)31)14-18(17)13-19(24-23-16-26)15-21(27)34-22(2,3)4;1-15-5-6-18(25(9-7-22)10-8-23)12-16(15)11-17(24-21-14-26)13-19(27)28-20(2,3)4;1-15-5-6-18(23(7-9-24)8-10-25)12-16(15)11-17(22-21-14-26)13-19(27)28-20(2,3)4;1-11-2-3-14(19(6-4-16)7-5-17)9-12(11)8-13(18)10-15(20)21/h7-8,14,16,19,24H,9-13,15H2,1-6H3;5-6,12,14,17,24H,7-11,13H2,1-4H3;5-6,12,14,17,22,24-25H,7-11,13H2,1-4H3;2-3,9,13H,4-8,10,18H2,1H3,(H,20,21)/t19-;2*17-;13-/m0000/s1. The zero-order valence-corrected chi connectivity index (χ0v) is 76.2. The summed E-state index contributed by atoms with van der Waals surface area (Å²) >= 11 is 14.0. The summed E-state index contributed by atoms with van der Waals surface area (Å²) < 4.78 is 71.4. The Bertz CT molecular complexity index is 3610. The van der Waals surface area contributed by atoms with Gasteiger partial charge in [0.25, 0.3) is 42.5 Å². The average Bonchev–Trinajstić information content (AvgIpc) is 0.856. The van der Waals surface area contributed by atoms with Gasteiger partial charge in [-0.2, -0.15) is 16.8 Å². The van der Waals surface area contributed by atoms with Crippen molar-refractivity contribution in [3.05, 3.63) is 117 Å². The summed E-state index contributed by atoms with van der Waals surface area (Å²) in [5.41, 5.74) is 16.5. The molecular formula is C77H120B3Br4N8O19S2. The van der Waals surface area contributed by atoms with Crippen molar-refractivity contribution in [2.45, 2.75) is 182 Å². The van der Waals surface area contributed by atoms with Gasteiger partial charge in [0.2, 0.25) is 0 Å². The van der Waals surface area contributed by atoms with E-state index in [9.17, 15) is 60.6 Å². The third-order valence-corrected chi connectivity index (χ3v) is 18.9. The second-order valence-corrected chi connectivity index (χ2v) is 36.2. The van der Waals surface area contributed by atoms with Gasteiger partial charge in [-0.1, -0.05) is 88.0 Å². The number of aliphatic carboxylic acids is 1. The molecule has 0 aliphatic heterocycles. The third kappa shape index (κ3) is 49.5. The van der Waals surface area contributed by atoms with Gasteiger partial charge >= 0.3 is 23.9 Å². The van der Waals surface area contributed by atoms with E-state index < -0.39 is 55.0 Å². The first kappa shape index (κ1) is 106. The van der Waals surface area contributed by atoms with Crippen LogP contribution in [0.25, 0.3) is 0 Å². The molecule has 4 aromatic carbocycles. The molecule has 27 nitrogen and oxygen atoms in total. The molecule has 4 atom stereocenters. The van der Waals surface area contributed by atoms with Crippen molar-refractivity contribution in [2.75, 3.05) is 132 Å². The lowest BCUT2D eigenvalue weighted by molar-refractivity contribution is -0.156. The normalized spacial score (nSPS) is 12.6. The molecule has 113 heavy (non-hydrogen) atoms. The van der Waals surface area contributed by atoms with Crippen LogP contribution in [-0.4, -0.2) is 250 Å². The van der Waals surface area contributed by atoms with E-state index in [1.54, 1.807) is 25.7 Å². The number of ether oxygens (including phenoxy) is 3. The number of aliphatic hydroxyl groups is 2. The number of hydrogen-bond acceptors (Lipinski definition) is 26. The maximum atomic E-state index is 12.4. The Morgan fingerprint density at radius 1 is 0.442 bits per heavy atom. The van der Waals surface area contributed by atoms with E-state index in [0.29, 0.717) is 63.0 Å². The topological polar surface area (TPSA) is 370 Å². The second kappa shape index (κ2) is 55.4. The van der Waals surface area contributed by atoms with Crippen molar-refractivity contribution in [3.8, 4) is 0 Å². The highest BCUT2D eigenvalue weighted by Crippen LogP contribution is 2.27. The molecule has 0 aliphatic rings. The summed E-state index contributed by atoms with van der Waals surface area (Å²) in [5.74, 6) is -1.87. The molecule has 631 valence electrons. The average molecular weight is 1880 g/mol. The number of nitrogens with one attached hydrogen (secondary N) is 3. The quantitative estimate of drug-likeness (QED) is 0.00547. The van der Waals surface area contributed by atoms with E-state index in [0.717, 1.165) is 122 Å². The van der Waals surface area contributed by atoms with E-state index in [1.807, 2.05) is 104 Å². The van der Waals surface area contributed by atoms with Crippen LogP contribution in [0, 0.1) is 27.7 Å². The molecule has 0 aliphatic carbocycles. The number of carboxylic acids is 1. The SMILES string of the molecule is Cc1ccc(N(CCBr)CCBr)cc1C[C@@H](CC(=O)OC(C)(C)C)N[B]C=O.Cc1ccc(N(CCBr)CCBr)cc1C[C@H](N)CC(=O)O.Cc1ccc(N(CCO)CCO)cc1C[C@@H](CC(=O)OC(C)(C)C)N[B]C=O.Cc1ccc(N(CCOS(C)(=O)=O)CCOS(C)(=O)=O)cc1C[C@@H](CC(=O)OC(C)(C)C)N[B]C=O. The highest BCUT2D eigenvalue weighted by atomic mass is 79.9. The number of halogens is 4. The number of carbonyl (C=O) groups is 7. The summed E-state index contributed by atoms with van der Waals surface area (Å²) in [6, 6.07) is 22.9. The molecular weight excluding hydrogens is 1760 g/mol. The number of nitrogens with zero attached hydrogens (tertiary/aromatic N) is 4. The Hall–Kier alpha value is -5.34. The Balaban J connectivity index is 0.000000765. The van der Waals surface area contributed by atoms with Crippen molar-refractivity contribution in [1.29, 1.82) is 0 Å². The maximum Gasteiger partial charge on any atom is 0.307 e. The fourth-order valence-corrected chi connectivity index (χ4v) is 13.7. The number of nitrogens with two attached hydrogens (primary N) is 1. The molecule has 8 N–H and O–H groups in total. The van der Waals surface area contributed by atoms with Gasteiger partial charge in [-0.15, -0.1) is 0 Å². The molecule has 0 saturated heterocycles. The Labute approximate surface area is 707 Å². The number of benzene rings is 4. The summed E-state index contributed by atoms with van der Waals surface area (Å²) in [5, 5.41) is 39.9. The molecule has 4 aromatic rings. The Morgan fingerprint density at radius 3 is 0.912 bits per heavy atom. The van der Waals surface area contributed by atoms with Gasteiger partial charge in [0.15, 0.2) is 0 Å². The maximum absolute atomic E-state index is 12.4. The predicted molar refractivity (Wildman–Crippen MR) is 469 cm³/mol. The van der Waals surface area contributed by atoms with E-state index in [1.165, 1.54) is 22.2 Å². The molecule has 36 heteroatoms. The number of hydrogen-bond donors (Lipinski definition) is 7. The van der Waals surface area contributed by atoms with E-state index in [-0.39, 0.29) is 95.3 Å². The minimum absolute atomic E-state index is 0.00379. The smallest absolute Gasteiger partial charge is 0.307 e. The van der Waals surface area contributed by atoms with Crippen molar-refractivity contribution in [1.82, 2.24) is 15.7 Å². The fourth-order valence-electron chi connectivity index (χ4n) is 11.2. The van der Waals surface area contributed by atoms with Crippen molar-refractivity contribution < 1.29 is 88.3 Å². The first-order chi connectivity index (χ1) is 52.9.